The summed E-state index contributed by atoms with van der Waals surface area (Å²) in [7, 11) is 1.63. The molecule has 0 spiro atoms. The van der Waals surface area contributed by atoms with Gasteiger partial charge in [0.25, 0.3) is 0 Å². The number of hydrogen-bond donors (Lipinski definition) is 1. The third-order valence-corrected chi connectivity index (χ3v) is 5.38. The van der Waals surface area contributed by atoms with E-state index in [2.05, 4.69) is 22.1 Å². The smallest absolute Gasteiger partial charge is 0.226 e. The summed E-state index contributed by atoms with van der Waals surface area (Å²) in [5, 5.41) is 3.64. The number of anilines is 1. The van der Waals surface area contributed by atoms with Crippen molar-refractivity contribution in [3.8, 4) is 11.5 Å². The predicted molar refractivity (Wildman–Crippen MR) is 103 cm³/mol. The average Bonchev–Trinajstić information content (AvgIpc) is 3.06. The molecule has 0 saturated heterocycles. The number of rotatable bonds is 8. The minimum Gasteiger partial charge on any atom is -0.497 e. The zero-order valence-corrected chi connectivity index (χ0v) is 16.1. The molecule has 2 heterocycles. The highest BCUT2D eigenvalue weighted by molar-refractivity contribution is 7.15. The molecule has 1 amide bonds. The second-order valence-corrected chi connectivity index (χ2v) is 7.27. The van der Waals surface area contributed by atoms with Crippen LogP contribution in [0.25, 0.3) is 0 Å². The molecule has 1 aromatic heterocycles. The van der Waals surface area contributed by atoms with Gasteiger partial charge in [0.15, 0.2) is 5.13 Å². The Morgan fingerprint density at radius 2 is 2.08 bits per heavy atom. The van der Waals surface area contributed by atoms with Crippen LogP contribution in [0.5, 0.6) is 11.5 Å². The number of likely N-dealkylation sites (N-methyl/N-ethyl adjacent to an activating group) is 1. The van der Waals surface area contributed by atoms with Crippen molar-refractivity contribution in [1.29, 1.82) is 0 Å². The minimum atomic E-state index is -0.0122. The molecule has 26 heavy (non-hydrogen) atoms. The molecule has 7 heteroatoms. The van der Waals surface area contributed by atoms with Gasteiger partial charge in [-0.2, -0.15) is 0 Å². The van der Waals surface area contributed by atoms with Gasteiger partial charge in [-0.05, 0) is 37.2 Å². The van der Waals surface area contributed by atoms with Gasteiger partial charge in [0.05, 0.1) is 19.4 Å². The van der Waals surface area contributed by atoms with Crippen LogP contribution in [0, 0.1) is 0 Å². The van der Waals surface area contributed by atoms with E-state index >= 15 is 0 Å². The topological polar surface area (TPSA) is 63.7 Å². The van der Waals surface area contributed by atoms with E-state index in [1.807, 2.05) is 24.3 Å². The highest BCUT2D eigenvalue weighted by Crippen LogP contribution is 2.28. The molecule has 1 aliphatic heterocycles. The Labute approximate surface area is 158 Å². The van der Waals surface area contributed by atoms with Crippen LogP contribution in [0.4, 0.5) is 5.13 Å². The summed E-state index contributed by atoms with van der Waals surface area (Å²) in [4.78, 5) is 20.3. The van der Waals surface area contributed by atoms with Gasteiger partial charge in [-0.15, -0.1) is 11.3 Å². The predicted octanol–water partition coefficient (Wildman–Crippen LogP) is 3.33. The van der Waals surface area contributed by atoms with Crippen molar-refractivity contribution >= 4 is 22.4 Å². The molecule has 6 nitrogen and oxygen atoms in total. The van der Waals surface area contributed by atoms with Crippen LogP contribution in [0.1, 0.15) is 30.3 Å². The lowest BCUT2D eigenvalue weighted by Crippen LogP contribution is -2.29. The first-order valence-electron chi connectivity index (χ1n) is 8.95. The number of methoxy groups -OCH3 is 1. The summed E-state index contributed by atoms with van der Waals surface area (Å²) in [6.07, 6.45) is 2.04. The summed E-state index contributed by atoms with van der Waals surface area (Å²) in [6.45, 7) is 5.70. The van der Waals surface area contributed by atoms with Crippen molar-refractivity contribution in [2.75, 3.05) is 32.1 Å². The largest absolute Gasteiger partial charge is 0.497 e. The van der Waals surface area contributed by atoms with E-state index in [0.717, 1.165) is 43.2 Å². The molecule has 0 aliphatic carbocycles. The molecule has 3 rings (SSSR count). The van der Waals surface area contributed by atoms with E-state index in [1.165, 1.54) is 4.88 Å². The second kappa shape index (κ2) is 9.00. The normalized spacial score (nSPS) is 13.9. The lowest BCUT2D eigenvalue weighted by molar-refractivity contribution is -0.116. The zero-order chi connectivity index (χ0) is 18.4. The maximum absolute atomic E-state index is 12.1. The molecule has 0 radical (unpaired) electrons. The van der Waals surface area contributed by atoms with Crippen LogP contribution in [-0.2, 0) is 17.8 Å². The molecular weight excluding hydrogens is 350 g/mol. The first-order chi connectivity index (χ1) is 12.7. The second-order valence-electron chi connectivity index (χ2n) is 6.18. The highest BCUT2D eigenvalue weighted by atomic mass is 32.1. The Balaban J connectivity index is 1.39. The molecule has 0 atom stereocenters. The molecule has 0 fully saturated rings. The Bertz CT molecular complexity index is 730. The van der Waals surface area contributed by atoms with Gasteiger partial charge < -0.3 is 14.8 Å². The number of nitrogens with one attached hydrogen (secondary N) is 1. The van der Waals surface area contributed by atoms with Gasteiger partial charge in [-0.25, -0.2) is 4.98 Å². The monoisotopic (exact) mass is 375 g/mol. The zero-order valence-electron chi connectivity index (χ0n) is 15.3. The quantitative estimate of drug-likeness (QED) is 0.717. The molecule has 1 N–H and O–H groups in total. The molecule has 0 saturated carbocycles. The van der Waals surface area contributed by atoms with Crippen LogP contribution < -0.4 is 14.8 Å². The van der Waals surface area contributed by atoms with Gasteiger partial charge in [0.1, 0.15) is 11.5 Å². The number of carbonyl (C=O) groups is 1. The number of fused-ring (bicyclic) bond motifs is 1. The molecule has 140 valence electrons. The van der Waals surface area contributed by atoms with Gasteiger partial charge in [0.2, 0.25) is 5.91 Å². The van der Waals surface area contributed by atoms with Crippen molar-refractivity contribution in [3.05, 3.63) is 34.8 Å². The molecule has 0 unspecified atom stereocenters. The molecule has 1 aromatic carbocycles. The van der Waals surface area contributed by atoms with Crippen LogP contribution in [0.3, 0.4) is 0 Å². The van der Waals surface area contributed by atoms with Crippen molar-refractivity contribution in [2.45, 2.75) is 32.7 Å². The lowest BCUT2D eigenvalue weighted by Gasteiger charge is -2.23. The number of nitrogens with zero attached hydrogens (tertiary/aromatic N) is 2. The van der Waals surface area contributed by atoms with Crippen molar-refractivity contribution in [1.82, 2.24) is 9.88 Å². The van der Waals surface area contributed by atoms with Gasteiger partial charge in [-0.1, -0.05) is 6.92 Å². The van der Waals surface area contributed by atoms with Crippen molar-refractivity contribution < 1.29 is 14.3 Å². The summed E-state index contributed by atoms with van der Waals surface area (Å²) >= 11 is 1.59. The third kappa shape index (κ3) is 4.95. The fourth-order valence-electron chi connectivity index (χ4n) is 2.85. The standard InChI is InChI=1S/C19H25N3O3S/c1-3-22-11-10-16-17(13-22)26-19(20-16)21-18(23)5-4-12-25-15-8-6-14(24-2)7-9-15/h6-9H,3-5,10-13H2,1-2H3,(H,20,21,23). The van der Waals surface area contributed by atoms with Gasteiger partial charge in [0, 0.05) is 30.8 Å². The van der Waals surface area contributed by atoms with E-state index in [9.17, 15) is 4.79 Å². The first-order valence-corrected chi connectivity index (χ1v) is 9.77. The van der Waals surface area contributed by atoms with Gasteiger partial charge >= 0.3 is 0 Å². The number of aromatic nitrogens is 1. The number of amides is 1. The van der Waals surface area contributed by atoms with Crippen LogP contribution in [0.15, 0.2) is 24.3 Å². The third-order valence-electron chi connectivity index (χ3n) is 4.38. The molecular formula is C19H25N3O3S. The molecule has 1 aliphatic rings. The number of thiazole rings is 1. The van der Waals surface area contributed by atoms with Crippen molar-refractivity contribution in [3.63, 3.8) is 0 Å². The fourth-order valence-corrected chi connectivity index (χ4v) is 3.91. The molecule has 2 aromatic rings. The van der Waals surface area contributed by atoms with Crippen molar-refractivity contribution in [2.24, 2.45) is 0 Å². The SMILES string of the molecule is CCN1CCc2nc(NC(=O)CCCOc3ccc(OC)cc3)sc2C1. The maximum Gasteiger partial charge on any atom is 0.226 e. The van der Waals surface area contributed by atoms with E-state index in [-0.39, 0.29) is 5.91 Å². The van der Waals surface area contributed by atoms with E-state index in [0.29, 0.717) is 24.6 Å². The molecule has 0 bridgehead atoms. The van der Waals surface area contributed by atoms with Crippen LogP contribution >= 0.6 is 11.3 Å². The number of hydrogen-bond acceptors (Lipinski definition) is 6. The van der Waals surface area contributed by atoms with E-state index in [4.69, 9.17) is 9.47 Å². The summed E-state index contributed by atoms with van der Waals surface area (Å²) in [5.41, 5.74) is 1.14. The number of carbonyl (C=O) groups excluding carboxylic acids is 1. The number of ether oxygens (including phenoxy) is 2. The Morgan fingerprint density at radius 3 is 2.81 bits per heavy atom. The summed E-state index contributed by atoms with van der Waals surface area (Å²) in [5.74, 6) is 1.56. The first kappa shape index (κ1) is 18.7. The van der Waals surface area contributed by atoms with E-state index < -0.39 is 0 Å². The summed E-state index contributed by atoms with van der Waals surface area (Å²) < 4.78 is 10.8. The fraction of sp³-hybridized carbons (Fsp3) is 0.474. The highest BCUT2D eigenvalue weighted by Gasteiger charge is 2.20. The van der Waals surface area contributed by atoms with Gasteiger partial charge in [-0.3, -0.25) is 9.69 Å². The summed E-state index contributed by atoms with van der Waals surface area (Å²) in [6, 6.07) is 7.43. The average molecular weight is 375 g/mol. The van der Waals surface area contributed by atoms with Crippen LogP contribution in [0.2, 0.25) is 0 Å². The minimum absolute atomic E-state index is 0.0122. The Kier molecular flexibility index (Phi) is 6.46. The number of benzene rings is 1. The lowest BCUT2D eigenvalue weighted by atomic mass is 10.2. The maximum atomic E-state index is 12.1. The Hall–Kier alpha value is -2.12. The van der Waals surface area contributed by atoms with E-state index in [1.54, 1.807) is 18.4 Å². The Morgan fingerprint density at radius 1 is 1.31 bits per heavy atom. The van der Waals surface area contributed by atoms with Crippen LogP contribution in [-0.4, -0.2) is 42.6 Å².